The van der Waals surface area contributed by atoms with Crippen LogP contribution < -0.4 is 5.73 Å². The number of esters is 1. The van der Waals surface area contributed by atoms with Gasteiger partial charge in [0, 0.05) is 18.9 Å². The number of unbranched alkanes of at least 4 members (excludes halogenated alkanes) is 1. The molecule has 0 rings (SSSR count). The summed E-state index contributed by atoms with van der Waals surface area (Å²) < 4.78 is 4.70. The fourth-order valence-electron chi connectivity index (χ4n) is 1.50. The molecule has 0 aromatic heterocycles. The topological polar surface area (TPSA) is 69.4 Å². The Kier molecular flexibility index (Phi) is 7.81. The van der Waals surface area contributed by atoms with Gasteiger partial charge in [0.15, 0.2) is 0 Å². The summed E-state index contributed by atoms with van der Waals surface area (Å²) in [5.74, 6) is -0.708. The molecular formula is C12H23NO3. The normalized spacial score (nSPS) is 14.2. The monoisotopic (exact) mass is 229 g/mol. The lowest BCUT2D eigenvalue weighted by molar-refractivity contribution is -0.147. The van der Waals surface area contributed by atoms with Crippen LogP contribution in [0.4, 0.5) is 0 Å². The van der Waals surface area contributed by atoms with E-state index in [1.54, 1.807) is 6.92 Å². The summed E-state index contributed by atoms with van der Waals surface area (Å²) in [5, 5.41) is 0. The van der Waals surface area contributed by atoms with Crippen molar-refractivity contribution >= 4 is 11.8 Å². The highest BCUT2D eigenvalue weighted by molar-refractivity contribution is 5.85. The Labute approximate surface area is 97.5 Å². The average molecular weight is 229 g/mol. The Morgan fingerprint density at radius 3 is 2.44 bits per heavy atom. The smallest absolute Gasteiger partial charge is 0.309 e. The maximum atomic E-state index is 11.7. The van der Waals surface area contributed by atoms with E-state index in [2.05, 4.69) is 6.92 Å². The Bertz CT molecular complexity index is 228. The SMILES string of the molecule is CCCC[C@H](CC(=O)C(C)CN)C(=O)OC. The lowest BCUT2D eigenvalue weighted by Crippen LogP contribution is -2.26. The van der Waals surface area contributed by atoms with Gasteiger partial charge in [-0.15, -0.1) is 0 Å². The lowest BCUT2D eigenvalue weighted by atomic mass is 9.92. The van der Waals surface area contributed by atoms with E-state index in [4.69, 9.17) is 10.5 Å². The molecule has 4 nitrogen and oxygen atoms in total. The van der Waals surface area contributed by atoms with E-state index in [1.165, 1.54) is 7.11 Å². The van der Waals surface area contributed by atoms with Crippen molar-refractivity contribution in [2.45, 2.75) is 39.5 Å². The summed E-state index contributed by atoms with van der Waals surface area (Å²) in [6.07, 6.45) is 2.91. The zero-order chi connectivity index (χ0) is 12.6. The van der Waals surface area contributed by atoms with Gasteiger partial charge in [0.1, 0.15) is 5.78 Å². The molecule has 0 spiro atoms. The number of rotatable bonds is 8. The second-order valence-electron chi connectivity index (χ2n) is 4.17. The Morgan fingerprint density at radius 2 is 2.00 bits per heavy atom. The van der Waals surface area contributed by atoms with Gasteiger partial charge >= 0.3 is 5.97 Å². The number of carbonyl (C=O) groups excluding carboxylic acids is 2. The summed E-state index contributed by atoms with van der Waals surface area (Å²) in [6, 6.07) is 0. The first kappa shape index (κ1) is 15.1. The van der Waals surface area contributed by atoms with E-state index in [0.717, 1.165) is 12.8 Å². The van der Waals surface area contributed by atoms with Gasteiger partial charge in [-0.25, -0.2) is 0 Å². The highest BCUT2D eigenvalue weighted by Crippen LogP contribution is 2.17. The maximum Gasteiger partial charge on any atom is 0.309 e. The molecule has 0 bridgehead atoms. The van der Waals surface area contributed by atoms with Crippen molar-refractivity contribution in [2.75, 3.05) is 13.7 Å². The van der Waals surface area contributed by atoms with Crippen molar-refractivity contribution in [3.63, 3.8) is 0 Å². The van der Waals surface area contributed by atoms with E-state index in [0.29, 0.717) is 13.0 Å². The van der Waals surface area contributed by atoms with E-state index in [1.807, 2.05) is 0 Å². The van der Waals surface area contributed by atoms with Gasteiger partial charge in [-0.1, -0.05) is 26.7 Å². The molecular weight excluding hydrogens is 206 g/mol. The molecule has 0 radical (unpaired) electrons. The van der Waals surface area contributed by atoms with Crippen LogP contribution in [0.2, 0.25) is 0 Å². The van der Waals surface area contributed by atoms with E-state index in [-0.39, 0.29) is 30.0 Å². The van der Waals surface area contributed by atoms with Crippen LogP contribution in [0.3, 0.4) is 0 Å². The molecule has 16 heavy (non-hydrogen) atoms. The Hall–Kier alpha value is -0.900. The molecule has 0 aliphatic heterocycles. The van der Waals surface area contributed by atoms with Crippen molar-refractivity contribution in [2.24, 2.45) is 17.6 Å². The summed E-state index contributed by atoms with van der Waals surface area (Å²) in [7, 11) is 1.36. The number of Topliss-reactive ketones (excluding diaryl/α,β-unsaturated/α-hetero) is 1. The quantitative estimate of drug-likeness (QED) is 0.641. The van der Waals surface area contributed by atoms with Crippen LogP contribution in [0, 0.1) is 11.8 Å². The van der Waals surface area contributed by atoms with Crippen LogP contribution >= 0.6 is 0 Å². The first-order chi connectivity index (χ1) is 7.56. The lowest BCUT2D eigenvalue weighted by Gasteiger charge is -2.15. The van der Waals surface area contributed by atoms with Gasteiger partial charge in [-0.2, -0.15) is 0 Å². The van der Waals surface area contributed by atoms with Crippen LogP contribution in [0.5, 0.6) is 0 Å². The molecule has 4 heteroatoms. The third kappa shape index (κ3) is 5.26. The fourth-order valence-corrected chi connectivity index (χ4v) is 1.50. The number of carbonyl (C=O) groups is 2. The largest absolute Gasteiger partial charge is 0.469 e. The molecule has 0 aromatic rings. The van der Waals surface area contributed by atoms with Crippen molar-refractivity contribution in [1.29, 1.82) is 0 Å². The summed E-state index contributed by atoms with van der Waals surface area (Å²) in [6.45, 7) is 4.18. The molecule has 94 valence electrons. The number of methoxy groups -OCH3 is 1. The number of hydrogen-bond acceptors (Lipinski definition) is 4. The highest BCUT2D eigenvalue weighted by atomic mass is 16.5. The third-order valence-electron chi connectivity index (χ3n) is 2.79. The first-order valence-electron chi connectivity index (χ1n) is 5.87. The van der Waals surface area contributed by atoms with Crippen LogP contribution in [0.25, 0.3) is 0 Å². The number of ketones is 1. The van der Waals surface area contributed by atoms with Crippen LogP contribution in [-0.4, -0.2) is 25.4 Å². The molecule has 0 aromatic carbocycles. The molecule has 2 N–H and O–H groups in total. The summed E-state index contributed by atoms with van der Waals surface area (Å²) in [5.41, 5.74) is 5.42. The highest BCUT2D eigenvalue weighted by Gasteiger charge is 2.24. The molecule has 2 atom stereocenters. The molecule has 0 saturated carbocycles. The Balaban J connectivity index is 4.30. The predicted octanol–water partition coefficient (Wildman–Crippen LogP) is 1.52. The minimum atomic E-state index is -0.300. The zero-order valence-electron chi connectivity index (χ0n) is 10.5. The molecule has 0 fully saturated rings. The van der Waals surface area contributed by atoms with Gasteiger partial charge < -0.3 is 10.5 Å². The van der Waals surface area contributed by atoms with Crippen LogP contribution in [-0.2, 0) is 14.3 Å². The van der Waals surface area contributed by atoms with E-state index >= 15 is 0 Å². The zero-order valence-corrected chi connectivity index (χ0v) is 10.5. The van der Waals surface area contributed by atoms with Gasteiger partial charge in [-0.05, 0) is 6.42 Å². The van der Waals surface area contributed by atoms with Crippen LogP contribution in [0.1, 0.15) is 39.5 Å². The van der Waals surface area contributed by atoms with Gasteiger partial charge in [0.05, 0.1) is 13.0 Å². The van der Waals surface area contributed by atoms with Gasteiger partial charge in [0.2, 0.25) is 0 Å². The molecule has 0 saturated heterocycles. The van der Waals surface area contributed by atoms with Gasteiger partial charge in [0.25, 0.3) is 0 Å². The minimum Gasteiger partial charge on any atom is -0.469 e. The van der Waals surface area contributed by atoms with E-state index < -0.39 is 0 Å². The Morgan fingerprint density at radius 1 is 1.38 bits per heavy atom. The van der Waals surface area contributed by atoms with Crippen molar-refractivity contribution in [1.82, 2.24) is 0 Å². The standard InChI is InChI=1S/C12H23NO3/c1-4-5-6-10(12(15)16-3)7-11(14)9(2)8-13/h9-10H,4-8,13H2,1-3H3/t9?,10-/m1/s1. The van der Waals surface area contributed by atoms with Crippen molar-refractivity contribution < 1.29 is 14.3 Å². The molecule has 0 heterocycles. The molecule has 1 unspecified atom stereocenters. The van der Waals surface area contributed by atoms with Gasteiger partial charge in [-0.3, -0.25) is 9.59 Å². The van der Waals surface area contributed by atoms with E-state index in [9.17, 15) is 9.59 Å². The maximum absolute atomic E-state index is 11.7. The summed E-state index contributed by atoms with van der Waals surface area (Å²) in [4.78, 5) is 23.1. The minimum absolute atomic E-state index is 0.0500. The van der Waals surface area contributed by atoms with Crippen LogP contribution in [0.15, 0.2) is 0 Å². The molecule has 0 aliphatic rings. The summed E-state index contributed by atoms with van der Waals surface area (Å²) >= 11 is 0. The average Bonchev–Trinajstić information content (AvgIpc) is 2.31. The van der Waals surface area contributed by atoms with Crippen molar-refractivity contribution in [3.8, 4) is 0 Å². The second kappa shape index (κ2) is 8.28. The fraction of sp³-hybridized carbons (Fsp3) is 0.833. The number of nitrogens with two attached hydrogens (primary N) is 1. The predicted molar refractivity (Wildman–Crippen MR) is 62.9 cm³/mol. The molecule has 0 amide bonds. The van der Waals surface area contributed by atoms with Crippen molar-refractivity contribution in [3.05, 3.63) is 0 Å². The number of ether oxygens (including phenoxy) is 1. The number of hydrogen-bond donors (Lipinski definition) is 1. The second-order valence-corrected chi connectivity index (χ2v) is 4.17. The molecule has 0 aliphatic carbocycles. The third-order valence-corrected chi connectivity index (χ3v) is 2.79. The first-order valence-corrected chi connectivity index (χ1v) is 5.87.